The molecule has 5 rings (SSSR count). The Labute approximate surface area is 272 Å². The van der Waals surface area contributed by atoms with Gasteiger partial charge in [0.1, 0.15) is 5.82 Å². The molecule has 11 heteroatoms. The average molecular weight is 634 g/mol. The summed E-state index contributed by atoms with van der Waals surface area (Å²) in [6.07, 6.45) is 4.46. The van der Waals surface area contributed by atoms with Gasteiger partial charge in [-0.15, -0.1) is 0 Å². The van der Waals surface area contributed by atoms with Gasteiger partial charge in [-0.25, -0.2) is 14.6 Å². The first-order chi connectivity index (χ1) is 21.6. The Kier molecular flexibility index (Phi) is 9.39. The first-order valence-electron chi connectivity index (χ1n) is 16.5. The van der Waals surface area contributed by atoms with Crippen LogP contribution in [-0.4, -0.2) is 83.1 Å². The molecule has 1 unspecified atom stereocenters. The molecule has 0 bridgehead atoms. The molecule has 1 aromatic carbocycles. The van der Waals surface area contributed by atoms with Crippen LogP contribution in [0, 0.1) is 11.3 Å². The van der Waals surface area contributed by atoms with Gasteiger partial charge in [0.2, 0.25) is 0 Å². The lowest BCUT2D eigenvalue weighted by atomic mass is 9.80. The number of likely N-dealkylation sites (tertiary alicyclic amines) is 1. The number of fused-ring (bicyclic) bond motifs is 2. The average Bonchev–Trinajstić information content (AvgIpc) is 3.31. The number of para-hydroxylation sites is 2. The number of aryl methyl sites for hydroxylation is 1. The van der Waals surface area contributed by atoms with Crippen LogP contribution in [0.1, 0.15) is 90.3 Å². The number of carboxylic acid groups (broad SMARTS) is 2. The second-order valence-electron chi connectivity index (χ2n) is 15.1. The molecule has 0 spiro atoms. The highest BCUT2D eigenvalue weighted by atomic mass is 16.4. The number of imidazole rings is 1. The summed E-state index contributed by atoms with van der Waals surface area (Å²) in [5.74, 6) is -0.375. The quantitative estimate of drug-likeness (QED) is 0.243. The molecule has 3 atom stereocenters. The predicted molar refractivity (Wildman–Crippen MR) is 178 cm³/mol. The Morgan fingerprint density at radius 3 is 2.43 bits per heavy atom. The van der Waals surface area contributed by atoms with Gasteiger partial charge in [0.05, 0.1) is 29.3 Å². The van der Waals surface area contributed by atoms with Gasteiger partial charge in [0.25, 0.3) is 0 Å². The zero-order valence-electron chi connectivity index (χ0n) is 28.5. The van der Waals surface area contributed by atoms with Crippen molar-refractivity contribution in [1.29, 1.82) is 0 Å². The Morgan fingerprint density at radius 2 is 1.76 bits per heavy atom. The van der Waals surface area contributed by atoms with Gasteiger partial charge >= 0.3 is 12.2 Å². The summed E-state index contributed by atoms with van der Waals surface area (Å²) < 4.78 is 2.32. The fraction of sp³-hybridized carbons (Fsp3) is 0.600. The summed E-state index contributed by atoms with van der Waals surface area (Å²) in [4.78, 5) is 41.0. The lowest BCUT2D eigenvalue weighted by Crippen LogP contribution is -2.80. The topological polar surface area (TPSA) is 127 Å². The summed E-state index contributed by atoms with van der Waals surface area (Å²) in [7, 11) is 2.16. The van der Waals surface area contributed by atoms with E-state index in [1.165, 1.54) is 10.5 Å². The molecule has 3 heterocycles. The predicted octanol–water partition coefficient (Wildman–Crippen LogP) is 6.40. The van der Waals surface area contributed by atoms with Gasteiger partial charge in [-0.1, -0.05) is 39.0 Å². The molecule has 11 nitrogen and oxygen atoms in total. The molecule has 2 aliphatic rings. The number of nitrogens with one attached hydrogen (secondary N) is 1. The van der Waals surface area contributed by atoms with E-state index < -0.39 is 28.9 Å². The number of hydrogen-bond donors (Lipinski definition) is 3. The van der Waals surface area contributed by atoms with Gasteiger partial charge in [-0.2, -0.15) is 0 Å². The number of carbonyl (C=O) groups is 2. The molecule has 46 heavy (non-hydrogen) atoms. The molecular formula is C35H51N7O4. The smallest absolute Gasteiger partial charge is 0.410 e. The molecule has 1 fully saturated rings. The van der Waals surface area contributed by atoms with Crippen LogP contribution in [0.25, 0.3) is 11.0 Å². The number of rotatable bonds is 8. The third kappa shape index (κ3) is 6.44. The number of nitrogens with zero attached hydrogens (tertiary/aromatic N) is 6. The SMILES string of the molecule is CN(Cc1nc2ccccc2n1C[C@H]1CCCN(C(NC(=O)O)(N(C(=O)O)C(C)(C)C)C(C)(C)C)C1)[C@H]1CCCc2cccnc21. The minimum Gasteiger partial charge on any atom is -0.465 e. The number of amides is 2. The van der Waals surface area contributed by atoms with Gasteiger partial charge in [0, 0.05) is 36.8 Å². The highest BCUT2D eigenvalue weighted by Crippen LogP contribution is 2.43. The maximum absolute atomic E-state index is 12.9. The molecule has 250 valence electrons. The first kappa shape index (κ1) is 33.7. The zero-order chi connectivity index (χ0) is 33.4. The van der Waals surface area contributed by atoms with E-state index in [4.69, 9.17) is 9.97 Å². The summed E-state index contributed by atoms with van der Waals surface area (Å²) in [5, 5.41) is 23.5. The molecule has 1 aliphatic carbocycles. The Bertz CT molecular complexity index is 1560. The zero-order valence-corrected chi connectivity index (χ0v) is 28.5. The number of hydrogen-bond acceptors (Lipinski definition) is 6. The summed E-state index contributed by atoms with van der Waals surface area (Å²) in [5.41, 5.74) is 2.83. The minimum atomic E-state index is -1.50. The molecule has 3 aromatic rings. The van der Waals surface area contributed by atoms with Crippen molar-refractivity contribution in [2.24, 2.45) is 11.3 Å². The second kappa shape index (κ2) is 12.8. The van der Waals surface area contributed by atoms with Gasteiger partial charge < -0.3 is 14.8 Å². The molecule has 3 N–H and O–H groups in total. The van der Waals surface area contributed by atoms with Gasteiger partial charge in [0.15, 0.2) is 5.79 Å². The van der Waals surface area contributed by atoms with E-state index in [1.54, 1.807) is 0 Å². The van der Waals surface area contributed by atoms with Crippen LogP contribution >= 0.6 is 0 Å². The first-order valence-corrected chi connectivity index (χ1v) is 16.5. The monoisotopic (exact) mass is 633 g/mol. The third-order valence-corrected chi connectivity index (χ3v) is 9.75. The van der Waals surface area contributed by atoms with E-state index in [-0.39, 0.29) is 12.0 Å². The van der Waals surface area contributed by atoms with E-state index in [0.29, 0.717) is 26.2 Å². The van der Waals surface area contributed by atoms with Gasteiger partial charge in [-0.3, -0.25) is 25.0 Å². The standard InChI is InChI=1S/C35H51N7O4/c1-33(2,3)35(38-31(43)44,42(32(45)46)34(4,5)6)40-20-12-13-24(21-40)22-41-27-17-9-8-16-26(27)37-29(41)23-39(7)28-18-10-14-25-15-11-19-36-30(25)28/h8-9,11,15-17,19,24,28,38H,10,12-14,18,20-23H2,1-7H3,(H,43,44)(H,45,46)/t24-,28-,35?/m0/s1. The molecule has 2 amide bonds. The molecule has 1 saturated heterocycles. The van der Waals surface area contributed by atoms with Gasteiger partial charge in [-0.05, 0) is 89.6 Å². The van der Waals surface area contributed by atoms with Crippen molar-refractivity contribution < 1.29 is 19.8 Å². The molecule has 1 aliphatic heterocycles. The van der Waals surface area contributed by atoms with Crippen molar-refractivity contribution in [2.45, 2.75) is 104 Å². The summed E-state index contributed by atoms with van der Waals surface area (Å²) >= 11 is 0. The Hall–Kier alpha value is -3.70. The van der Waals surface area contributed by atoms with Crippen LogP contribution < -0.4 is 5.32 Å². The fourth-order valence-electron chi connectivity index (χ4n) is 7.90. The van der Waals surface area contributed by atoms with E-state index in [1.807, 2.05) is 65.9 Å². The summed E-state index contributed by atoms with van der Waals surface area (Å²) in [6.45, 7) is 13.6. The molecule has 0 saturated carbocycles. The van der Waals surface area contributed by atoms with Crippen LogP contribution in [0.2, 0.25) is 0 Å². The van der Waals surface area contributed by atoms with E-state index in [0.717, 1.165) is 54.7 Å². The van der Waals surface area contributed by atoms with Crippen molar-refractivity contribution in [2.75, 3.05) is 20.1 Å². The lowest BCUT2D eigenvalue weighted by Gasteiger charge is -2.60. The van der Waals surface area contributed by atoms with Crippen LogP contribution in [0.4, 0.5) is 9.59 Å². The minimum absolute atomic E-state index is 0.139. The molecule has 0 radical (unpaired) electrons. The second-order valence-corrected chi connectivity index (χ2v) is 15.1. The fourth-order valence-corrected chi connectivity index (χ4v) is 7.90. The highest BCUT2D eigenvalue weighted by Gasteiger charge is 2.58. The van der Waals surface area contributed by atoms with Crippen LogP contribution in [0.15, 0.2) is 42.6 Å². The van der Waals surface area contributed by atoms with E-state index >= 15 is 0 Å². The number of benzene rings is 1. The van der Waals surface area contributed by atoms with Crippen LogP contribution in [0.5, 0.6) is 0 Å². The largest absolute Gasteiger partial charge is 0.465 e. The number of pyridine rings is 1. The Balaban J connectivity index is 1.48. The molecular weight excluding hydrogens is 582 g/mol. The number of aromatic nitrogens is 3. The number of piperidine rings is 1. The van der Waals surface area contributed by atoms with Crippen molar-refractivity contribution in [3.05, 3.63) is 59.7 Å². The van der Waals surface area contributed by atoms with Crippen molar-refractivity contribution in [1.82, 2.24) is 34.6 Å². The maximum Gasteiger partial charge on any atom is 0.410 e. The van der Waals surface area contributed by atoms with Crippen LogP contribution in [-0.2, 0) is 19.5 Å². The summed E-state index contributed by atoms with van der Waals surface area (Å²) in [6, 6.07) is 12.6. The Morgan fingerprint density at radius 1 is 1.02 bits per heavy atom. The maximum atomic E-state index is 12.9. The lowest BCUT2D eigenvalue weighted by molar-refractivity contribution is -0.172. The van der Waals surface area contributed by atoms with Crippen LogP contribution in [0.3, 0.4) is 0 Å². The van der Waals surface area contributed by atoms with Crippen molar-refractivity contribution in [3.63, 3.8) is 0 Å². The molecule has 2 aromatic heterocycles. The van der Waals surface area contributed by atoms with Crippen molar-refractivity contribution in [3.8, 4) is 0 Å². The third-order valence-electron chi connectivity index (χ3n) is 9.75. The highest BCUT2D eigenvalue weighted by molar-refractivity contribution is 5.76. The van der Waals surface area contributed by atoms with E-state index in [2.05, 4.69) is 44.9 Å². The van der Waals surface area contributed by atoms with E-state index in [9.17, 15) is 19.8 Å². The normalized spacial score (nSPS) is 20.7. The van der Waals surface area contributed by atoms with Crippen molar-refractivity contribution >= 4 is 23.2 Å².